The highest BCUT2D eigenvalue weighted by atomic mass is 16.7. The monoisotopic (exact) mass is 290 g/mol. The van der Waals surface area contributed by atoms with Crippen molar-refractivity contribution in [1.82, 2.24) is 10.2 Å². The van der Waals surface area contributed by atoms with E-state index in [4.69, 9.17) is 9.47 Å². The number of hydrogen-bond donors (Lipinski definition) is 1. The quantitative estimate of drug-likeness (QED) is 0.873. The van der Waals surface area contributed by atoms with E-state index in [-0.39, 0.29) is 0 Å². The highest BCUT2D eigenvalue weighted by Crippen LogP contribution is 2.33. The van der Waals surface area contributed by atoms with Crippen LogP contribution in [0.3, 0.4) is 0 Å². The fourth-order valence-corrected chi connectivity index (χ4v) is 3.10. The second-order valence-corrected chi connectivity index (χ2v) is 6.63. The second kappa shape index (κ2) is 6.67. The van der Waals surface area contributed by atoms with Crippen molar-refractivity contribution in [3.63, 3.8) is 0 Å². The third kappa shape index (κ3) is 3.89. The van der Waals surface area contributed by atoms with Gasteiger partial charge < -0.3 is 14.8 Å². The van der Waals surface area contributed by atoms with Crippen molar-refractivity contribution in [2.75, 3.05) is 33.0 Å². The van der Waals surface area contributed by atoms with Gasteiger partial charge in [-0.1, -0.05) is 19.9 Å². The first-order valence-corrected chi connectivity index (χ1v) is 8.02. The van der Waals surface area contributed by atoms with Crippen molar-refractivity contribution in [2.45, 2.75) is 26.8 Å². The van der Waals surface area contributed by atoms with Gasteiger partial charge in [0, 0.05) is 13.1 Å². The van der Waals surface area contributed by atoms with Crippen LogP contribution in [0.15, 0.2) is 18.2 Å². The topological polar surface area (TPSA) is 33.7 Å². The average molecular weight is 290 g/mol. The molecule has 1 fully saturated rings. The highest BCUT2D eigenvalue weighted by Gasteiger charge is 2.23. The number of benzene rings is 1. The van der Waals surface area contributed by atoms with Crippen LogP contribution in [0.4, 0.5) is 0 Å². The lowest BCUT2D eigenvalue weighted by Crippen LogP contribution is -2.28. The summed E-state index contributed by atoms with van der Waals surface area (Å²) in [7, 11) is 0. The Morgan fingerprint density at radius 3 is 3.00 bits per heavy atom. The largest absolute Gasteiger partial charge is 0.454 e. The number of ether oxygens (including phenoxy) is 2. The predicted octanol–water partition coefficient (Wildman–Crippen LogP) is 2.48. The Morgan fingerprint density at radius 1 is 1.29 bits per heavy atom. The fourth-order valence-electron chi connectivity index (χ4n) is 3.10. The van der Waals surface area contributed by atoms with Gasteiger partial charge in [0.05, 0.1) is 0 Å². The zero-order chi connectivity index (χ0) is 14.7. The van der Waals surface area contributed by atoms with E-state index in [1.807, 2.05) is 6.07 Å². The van der Waals surface area contributed by atoms with Crippen LogP contribution >= 0.6 is 0 Å². The van der Waals surface area contributed by atoms with Crippen LogP contribution in [0.2, 0.25) is 0 Å². The van der Waals surface area contributed by atoms with Crippen LogP contribution in [0.25, 0.3) is 0 Å². The number of rotatable bonds is 6. The van der Waals surface area contributed by atoms with E-state index < -0.39 is 0 Å². The Hall–Kier alpha value is -1.26. The first kappa shape index (κ1) is 14.7. The Balaban J connectivity index is 1.46. The first-order valence-electron chi connectivity index (χ1n) is 8.02. The molecule has 0 aromatic heterocycles. The van der Waals surface area contributed by atoms with Crippen molar-refractivity contribution in [3.05, 3.63) is 23.8 Å². The summed E-state index contributed by atoms with van der Waals surface area (Å²) < 4.78 is 10.8. The maximum atomic E-state index is 5.45. The summed E-state index contributed by atoms with van der Waals surface area (Å²) >= 11 is 0. The van der Waals surface area contributed by atoms with Crippen LogP contribution in [0, 0.1) is 11.8 Å². The standard InChI is InChI=1S/C17H26N2O2/c1-13(2)8-18-9-15-5-6-19(11-15)10-14-3-4-16-17(7-14)21-12-20-16/h3-4,7,13,15,18H,5-6,8-12H2,1-2H3. The Kier molecular flexibility index (Phi) is 4.66. The summed E-state index contributed by atoms with van der Waals surface area (Å²) in [5.74, 6) is 3.28. The van der Waals surface area contributed by atoms with Crippen molar-refractivity contribution < 1.29 is 9.47 Å². The molecule has 0 radical (unpaired) electrons. The van der Waals surface area contributed by atoms with E-state index >= 15 is 0 Å². The lowest BCUT2D eigenvalue weighted by atomic mass is 10.1. The molecule has 1 saturated heterocycles. The molecule has 2 aliphatic rings. The average Bonchev–Trinajstić information content (AvgIpc) is 3.07. The van der Waals surface area contributed by atoms with Crippen molar-refractivity contribution in [1.29, 1.82) is 0 Å². The molecule has 0 saturated carbocycles. The first-order chi connectivity index (χ1) is 10.2. The van der Waals surface area contributed by atoms with Gasteiger partial charge in [0.2, 0.25) is 6.79 Å². The van der Waals surface area contributed by atoms with E-state index in [0.29, 0.717) is 6.79 Å². The molecule has 1 N–H and O–H groups in total. The molecule has 0 amide bonds. The molecule has 21 heavy (non-hydrogen) atoms. The van der Waals surface area contributed by atoms with Gasteiger partial charge in [-0.3, -0.25) is 4.90 Å². The van der Waals surface area contributed by atoms with Gasteiger partial charge in [0.15, 0.2) is 11.5 Å². The van der Waals surface area contributed by atoms with Crippen LogP contribution in [0.1, 0.15) is 25.8 Å². The normalized spacial score (nSPS) is 21.4. The minimum Gasteiger partial charge on any atom is -0.454 e. The molecule has 1 aromatic rings. The van der Waals surface area contributed by atoms with Gasteiger partial charge in [0.1, 0.15) is 0 Å². The van der Waals surface area contributed by atoms with Crippen LogP contribution in [-0.2, 0) is 6.54 Å². The Bertz CT molecular complexity index is 476. The van der Waals surface area contributed by atoms with Gasteiger partial charge in [-0.25, -0.2) is 0 Å². The SMILES string of the molecule is CC(C)CNCC1CCN(Cc2ccc3c(c2)OCO3)C1. The van der Waals surface area contributed by atoms with Gasteiger partial charge in [0.25, 0.3) is 0 Å². The summed E-state index contributed by atoms with van der Waals surface area (Å²) in [6.45, 7) is 10.5. The molecule has 0 spiro atoms. The molecular formula is C17H26N2O2. The highest BCUT2D eigenvalue weighted by molar-refractivity contribution is 5.44. The van der Waals surface area contributed by atoms with Gasteiger partial charge in [-0.05, 0) is 55.6 Å². The molecule has 1 aromatic carbocycles. The summed E-state index contributed by atoms with van der Waals surface area (Å²) in [6, 6.07) is 6.29. The van der Waals surface area contributed by atoms with Gasteiger partial charge in [-0.2, -0.15) is 0 Å². The minimum atomic E-state index is 0.353. The summed E-state index contributed by atoms with van der Waals surface area (Å²) in [4.78, 5) is 2.54. The van der Waals surface area contributed by atoms with Crippen LogP contribution in [0.5, 0.6) is 11.5 Å². The third-order valence-corrected chi connectivity index (χ3v) is 4.20. The van der Waals surface area contributed by atoms with E-state index in [1.54, 1.807) is 0 Å². The molecule has 1 atom stereocenters. The van der Waals surface area contributed by atoms with Crippen molar-refractivity contribution in [3.8, 4) is 11.5 Å². The van der Waals surface area contributed by atoms with E-state index in [1.165, 1.54) is 25.1 Å². The number of nitrogens with one attached hydrogen (secondary N) is 1. The molecule has 116 valence electrons. The zero-order valence-electron chi connectivity index (χ0n) is 13.1. The fraction of sp³-hybridized carbons (Fsp3) is 0.647. The van der Waals surface area contributed by atoms with Crippen molar-refractivity contribution >= 4 is 0 Å². The second-order valence-electron chi connectivity index (χ2n) is 6.63. The van der Waals surface area contributed by atoms with Gasteiger partial charge >= 0.3 is 0 Å². The Morgan fingerprint density at radius 2 is 2.14 bits per heavy atom. The third-order valence-electron chi connectivity index (χ3n) is 4.20. The number of nitrogens with zero attached hydrogens (tertiary/aromatic N) is 1. The zero-order valence-corrected chi connectivity index (χ0v) is 13.1. The van der Waals surface area contributed by atoms with E-state index in [2.05, 4.69) is 36.2 Å². The molecule has 4 heteroatoms. The lowest BCUT2D eigenvalue weighted by molar-refractivity contribution is 0.174. The molecule has 3 rings (SSSR count). The number of fused-ring (bicyclic) bond motifs is 1. The maximum Gasteiger partial charge on any atom is 0.231 e. The van der Waals surface area contributed by atoms with Crippen LogP contribution < -0.4 is 14.8 Å². The molecule has 2 aliphatic heterocycles. The Labute approximate surface area is 127 Å². The molecule has 0 bridgehead atoms. The summed E-state index contributed by atoms with van der Waals surface area (Å²) in [5, 5.41) is 3.58. The van der Waals surface area contributed by atoms with E-state index in [9.17, 15) is 0 Å². The number of hydrogen-bond acceptors (Lipinski definition) is 4. The molecule has 4 nitrogen and oxygen atoms in total. The molecule has 0 aliphatic carbocycles. The molecule has 2 heterocycles. The minimum absolute atomic E-state index is 0.353. The predicted molar refractivity (Wildman–Crippen MR) is 83.7 cm³/mol. The number of likely N-dealkylation sites (tertiary alicyclic amines) is 1. The summed E-state index contributed by atoms with van der Waals surface area (Å²) in [5.41, 5.74) is 1.31. The lowest BCUT2D eigenvalue weighted by Gasteiger charge is -2.17. The van der Waals surface area contributed by atoms with E-state index in [0.717, 1.165) is 43.0 Å². The summed E-state index contributed by atoms with van der Waals surface area (Å²) in [6.07, 6.45) is 1.30. The molecular weight excluding hydrogens is 264 g/mol. The van der Waals surface area contributed by atoms with Crippen molar-refractivity contribution in [2.24, 2.45) is 11.8 Å². The smallest absolute Gasteiger partial charge is 0.231 e. The molecule has 1 unspecified atom stereocenters. The maximum absolute atomic E-state index is 5.45. The van der Waals surface area contributed by atoms with Gasteiger partial charge in [-0.15, -0.1) is 0 Å². The van der Waals surface area contributed by atoms with Crippen LogP contribution in [-0.4, -0.2) is 37.9 Å².